The van der Waals surface area contributed by atoms with Gasteiger partial charge < -0.3 is 24.8 Å². The Morgan fingerprint density at radius 3 is 2.48 bits per heavy atom. The fourth-order valence-electron chi connectivity index (χ4n) is 3.84. The van der Waals surface area contributed by atoms with Crippen LogP contribution in [0.2, 0.25) is 0 Å². The van der Waals surface area contributed by atoms with Gasteiger partial charge in [-0.25, -0.2) is 0 Å². The van der Waals surface area contributed by atoms with E-state index in [1.54, 1.807) is 14.2 Å². The van der Waals surface area contributed by atoms with Crippen LogP contribution in [0.4, 0.5) is 0 Å². The van der Waals surface area contributed by atoms with Crippen molar-refractivity contribution in [2.45, 2.75) is 25.0 Å². The highest BCUT2D eigenvalue weighted by atomic mass is 16.5. The molecule has 2 heterocycles. The molecular formula is C19H31N3O3. The van der Waals surface area contributed by atoms with E-state index in [-0.39, 0.29) is 12.1 Å². The predicted octanol–water partition coefficient (Wildman–Crippen LogP) is 1.11. The number of likely N-dealkylation sites (tertiary alicyclic amines) is 1. The molecule has 0 amide bonds. The molecule has 2 aliphatic rings. The minimum atomic E-state index is -0.135. The number of nitrogens with one attached hydrogen (secondary N) is 1. The molecule has 0 spiro atoms. The number of nitrogens with zero attached hydrogens (tertiary/aromatic N) is 2. The van der Waals surface area contributed by atoms with Crippen LogP contribution in [-0.2, 0) is 0 Å². The third-order valence-corrected chi connectivity index (χ3v) is 5.38. The molecule has 6 nitrogen and oxygen atoms in total. The van der Waals surface area contributed by atoms with Crippen LogP contribution in [0.25, 0.3) is 0 Å². The fraction of sp³-hybridized carbons (Fsp3) is 0.684. The van der Waals surface area contributed by atoms with E-state index in [1.165, 1.54) is 5.56 Å². The number of aliphatic hydroxyl groups excluding tert-OH is 1. The van der Waals surface area contributed by atoms with E-state index in [1.807, 2.05) is 12.1 Å². The Bertz CT molecular complexity index is 541. The summed E-state index contributed by atoms with van der Waals surface area (Å²) in [5.41, 5.74) is 1.22. The van der Waals surface area contributed by atoms with Crippen LogP contribution in [0.3, 0.4) is 0 Å². The summed E-state index contributed by atoms with van der Waals surface area (Å²) < 4.78 is 11.0. The zero-order valence-electron chi connectivity index (χ0n) is 15.4. The van der Waals surface area contributed by atoms with Gasteiger partial charge in [0.15, 0.2) is 0 Å². The number of rotatable bonds is 6. The Morgan fingerprint density at radius 2 is 1.84 bits per heavy atom. The number of piperazine rings is 1. The van der Waals surface area contributed by atoms with Gasteiger partial charge >= 0.3 is 0 Å². The molecule has 1 atom stereocenters. The summed E-state index contributed by atoms with van der Waals surface area (Å²) in [6, 6.07) is 6.43. The van der Waals surface area contributed by atoms with Gasteiger partial charge in [0.2, 0.25) is 0 Å². The molecule has 2 aliphatic heterocycles. The van der Waals surface area contributed by atoms with Crippen molar-refractivity contribution in [2.75, 3.05) is 60.0 Å². The minimum Gasteiger partial charge on any atom is -0.497 e. The van der Waals surface area contributed by atoms with Crippen LogP contribution in [0.1, 0.15) is 24.4 Å². The zero-order chi connectivity index (χ0) is 17.6. The Kier molecular flexibility index (Phi) is 6.53. The Balaban J connectivity index is 1.82. The van der Waals surface area contributed by atoms with E-state index in [0.29, 0.717) is 0 Å². The number of benzene rings is 1. The van der Waals surface area contributed by atoms with Gasteiger partial charge in [-0.2, -0.15) is 0 Å². The van der Waals surface area contributed by atoms with Crippen LogP contribution in [-0.4, -0.2) is 81.0 Å². The summed E-state index contributed by atoms with van der Waals surface area (Å²) in [5, 5.41) is 13.2. The van der Waals surface area contributed by atoms with E-state index in [4.69, 9.17) is 9.47 Å². The zero-order valence-corrected chi connectivity index (χ0v) is 15.4. The number of hydrogen-bond donors (Lipinski definition) is 2. The lowest BCUT2D eigenvalue weighted by molar-refractivity contribution is 0.0584. The lowest BCUT2D eigenvalue weighted by Crippen LogP contribution is -2.49. The molecule has 6 heteroatoms. The molecule has 0 bridgehead atoms. The largest absolute Gasteiger partial charge is 0.497 e. The van der Waals surface area contributed by atoms with Gasteiger partial charge in [-0.15, -0.1) is 0 Å². The van der Waals surface area contributed by atoms with Gasteiger partial charge in [-0.3, -0.25) is 4.90 Å². The quantitative estimate of drug-likeness (QED) is 0.802. The molecule has 2 fully saturated rings. The second kappa shape index (κ2) is 8.85. The third kappa shape index (κ3) is 4.64. The average molecular weight is 349 g/mol. The second-order valence-electron chi connectivity index (χ2n) is 6.94. The molecule has 0 saturated carbocycles. The first-order valence-corrected chi connectivity index (χ1v) is 9.28. The highest BCUT2D eigenvalue weighted by molar-refractivity contribution is 5.42. The summed E-state index contributed by atoms with van der Waals surface area (Å²) in [6.07, 6.45) is 1.60. The van der Waals surface area contributed by atoms with Gasteiger partial charge in [-0.1, -0.05) is 6.07 Å². The van der Waals surface area contributed by atoms with E-state index >= 15 is 0 Å². The van der Waals surface area contributed by atoms with Crippen molar-refractivity contribution in [1.82, 2.24) is 15.1 Å². The highest BCUT2D eigenvalue weighted by Crippen LogP contribution is 2.34. The van der Waals surface area contributed by atoms with Crippen LogP contribution in [0, 0.1) is 0 Å². The molecule has 140 valence electrons. The normalized spacial score (nSPS) is 21.9. The topological polar surface area (TPSA) is 57.2 Å². The van der Waals surface area contributed by atoms with Crippen LogP contribution < -0.4 is 14.8 Å². The van der Waals surface area contributed by atoms with E-state index in [0.717, 1.165) is 70.2 Å². The fourth-order valence-corrected chi connectivity index (χ4v) is 3.84. The molecule has 0 aromatic heterocycles. The van der Waals surface area contributed by atoms with Gasteiger partial charge in [0.05, 0.1) is 26.4 Å². The molecule has 2 saturated heterocycles. The average Bonchev–Trinajstić information content (AvgIpc) is 2.68. The molecule has 1 aromatic rings. The first-order valence-electron chi connectivity index (χ1n) is 9.28. The number of aliphatic hydroxyl groups is 1. The van der Waals surface area contributed by atoms with E-state index in [9.17, 15) is 5.11 Å². The second-order valence-corrected chi connectivity index (χ2v) is 6.94. The molecule has 2 N–H and O–H groups in total. The maximum absolute atomic E-state index is 9.79. The van der Waals surface area contributed by atoms with Crippen LogP contribution >= 0.6 is 0 Å². The van der Waals surface area contributed by atoms with Crippen LogP contribution in [0.15, 0.2) is 18.2 Å². The summed E-state index contributed by atoms with van der Waals surface area (Å²) in [7, 11) is 3.41. The van der Waals surface area contributed by atoms with Crippen molar-refractivity contribution in [3.63, 3.8) is 0 Å². The molecule has 1 unspecified atom stereocenters. The summed E-state index contributed by atoms with van der Waals surface area (Å²) >= 11 is 0. The van der Waals surface area contributed by atoms with Crippen LogP contribution in [0.5, 0.6) is 11.5 Å². The summed E-state index contributed by atoms with van der Waals surface area (Å²) in [5.74, 6) is 1.71. The van der Waals surface area contributed by atoms with E-state index in [2.05, 4.69) is 21.2 Å². The number of ether oxygens (including phenoxy) is 2. The van der Waals surface area contributed by atoms with Crippen molar-refractivity contribution >= 4 is 0 Å². The number of piperidine rings is 1. The summed E-state index contributed by atoms with van der Waals surface area (Å²) in [6.45, 7) is 7.01. The van der Waals surface area contributed by atoms with Gasteiger partial charge in [-0.05, 0) is 18.9 Å². The molecule has 0 aliphatic carbocycles. The summed E-state index contributed by atoms with van der Waals surface area (Å²) in [4.78, 5) is 5.02. The molecule has 25 heavy (non-hydrogen) atoms. The van der Waals surface area contributed by atoms with E-state index < -0.39 is 0 Å². The lowest BCUT2D eigenvalue weighted by atomic mass is 10.00. The lowest BCUT2D eigenvalue weighted by Gasteiger charge is -2.40. The third-order valence-electron chi connectivity index (χ3n) is 5.38. The molecule has 3 rings (SSSR count). The maximum atomic E-state index is 9.79. The highest BCUT2D eigenvalue weighted by Gasteiger charge is 2.28. The van der Waals surface area contributed by atoms with Gasteiger partial charge in [0.25, 0.3) is 0 Å². The smallest absolute Gasteiger partial charge is 0.127 e. The van der Waals surface area contributed by atoms with Gasteiger partial charge in [0, 0.05) is 57.4 Å². The Labute approximate surface area is 150 Å². The predicted molar refractivity (Wildman–Crippen MR) is 98.4 cm³/mol. The molecule has 0 radical (unpaired) electrons. The number of methoxy groups -OCH3 is 2. The first-order chi connectivity index (χ1) is 12.2. The monoisotopic (exact) mass is 349 g/mol. The van der Waals surface area contributed by atoms with Crippen molar-refractivity contribution in [3.8, 4) is 11.5 Å². The Hall–Kier alpha value is -1.34. The minimum absolute atomic E-state index is 0.135. The van der Waals surface area contributed by atoms with Gasteiger partial charge in [0.1, 0.15) is 11.5 Å². The Morgan fingerprint density at radius 1 is 1.12 bits per heavy atom. The van der Waals surface area contributed by atoms with Crippen molar-refractivity contribution in [3.05, 3.63) is 23.8 Å². The molecular weight excluding hydrogens is 318 g/mol. The number of hydrogen-bond acceptors (Lipinski definition) is 6. The SMILES string of the molecule is COc1ccc(C(CN2CCC(O)CC2)N2CCNCC2)c(OC)c1. The van der Waals surface area contributed by atoms with Crippen molar-refractivity contribution < 1.29 is 14.6 Å². The standard InChI is InChI=1S/C19H31N3O3/c1-24-16-3-4-17(19(13-16)25-2)18(22-11-7-20-8-12-22)14-21-9-5-15(23)6-10-21/h3-4,13,15,18,20,23H,5-12,14H2,1-2H3. The van der Waals surface area contributed by atoms with Crippen molar-refractivity contribution in [2.24, 2.45) is 0 Å². The first kappa shape index (κ1) is 18.5. The maximum Gasteiger partial charge on any atom is 0.127 e. The molecule has 1 aromatic carbocycles. The van der Waals surface area contributed by atoms with Crippen molar-refractivity contribution in [1.29, 1.82) is 0 Å².